The zero-order valence-electron chi connectivity index (χ0n) is 15.6. The van der Waals surface area contributed by atoms with Crippen LogP contribution in [0.4, 0.5) is 13.2 Å². The minimum Gasteiger partial charge on any atom is -0.456 e. The molecule has 3 aromatic heterocycles. The highest BCUT2D eigenvalue weighted by Crippen LogP contribution is 2.30. The van der Waals surface area contributed by atoms with E-state index in [4.69, 9.17) is 9.26 Å². The van der Waals surface area contributed by atoms with Gasteiger partial charge >= 0.3 is 12.1 Å². The van der Waals surface area contributed by atoms with Crippen LogP contribution in [0.2, 0.25) is 0 Å². The van der Waals surface area contributed by atoms with E-state index < -0.39 is 17.7 Å². The van der Waals surface area contributed by atoms with Crippen LogP contribution in [0.3, 0.4) is 0 Å². The summed E-state index contributed by atoms with van der Waals surface area (Å²) in [5, 5.41) is 5.93. The normalized spacial score (nSPS) is 11.7. The molecule has 0 spiro atoms. The van der Waals surface area contributed by atoms with Gasteiger partial charge in [0, 0.05) is 12.1 Å². The molecule has 8 nitrogen and oxygen atoms in total. The summed E-state index contributed by atoms with van der Waals surface area (Å²) in [5.74, 6) is -0.533. The maximum Gasteiger partial charge on any atom is 0.416 e. The van der Waals surface area contributed by atoms with Gasteiger partial charge < -0.3 is 9.26 Å². The number of alkyl halides is 3. The average molecular weight is 450 g/mol. The van der Waals surface area contributed by atoms with E-state index in [0.717, 1.165) is 12.1 Å². The molecule has 160 valence electrons. The molecule has 0 saturated heterocycles. The smallest absolute Gasteiger partial charge is 0.416 e. The van der Waals surface area contributed by atoms with E-state index in [0.29, 0.717) is 15.8 Å². The number of carbonyl (C=O) groups is 1. The van der Waals surface area contributed by atoms with Crippen molar-refractivity contribution in [2.24, 2.45) is 0 Å². The zero-order valence-corrected chi connectivity index (χ0v) is 16.4. The third-order valence-corrected chi connectivity index (χ3v) is 5.12. The monoisotopic (exact) mass is 450 g/mol. The van der Waals surface area contributed by atoms with Crippen molar-refractivity contribution in [1.82, 2.24) is 19.7 Å². The summed E-state index contributed by atoms with van der Waals surface area (Å²) in [6.07, 6.45) is -3.13. The number of hydrogen-bond acceptors (Lipinski definition) is 8. The summed E-state index contributed by atoms with van der Waals surface area (Å²) in [6, 6.07) is 5.94. The lowest BCUT2D eigenvalue weighted by Gasteiger charge is -2.05. The Kier molecular flexibility index (Phi) is 5.55. The summed E-state index contributed by atoms with van der Waals surface area (Å²) in [5.41, 5.74) is -0.705. The summed E-state index contributed by atoms with van der Waals surface area (Å²) >= 11 is 1.35. The number of nitrogens with zero attached hydrogens (tertiary/aromatic N) is 4. The van der Waals surface area contributed by atoms with Gasteiger partial charge in [-0.1, -0.05) is 17.3 Å². The van der Waals surface area contributed by atoms with Gasteiger partial charge in [0.25, 0.3) is 11.4 Å². The molecule has 0 radical (unpaired) electrons. The molecule has 0 atom stereocenters. The van der Waals surface area contributed by atoms with Crippen LogP contribution >= 0.6 is 11.3 Å². The van der Waals surface area contributed by atoms with Gasteiger partial charge in [-0.3, -0.25) is 14.2 Å². The molecule has 0 amide bonds. The standard InChI is InChI=1S/C19H13F3N4O4S/c20-19(21,22)12-3-1-11(2-4-12)16-24-14(30-25-16)9-29-15(27)5-7-26-10-23-17-13(18(26)28)6-8-31-17/h1-4,6,8,10H,5,7,9H2. The largest absolute Gasteiger partial charge is 0.456 e. The van der Waals surface area contributed by atoms with Crippen LogP contribution in [0.25, 0.3) is 21.6 Å². The number of aryl methyl sites for hydroxylation is 1. The number of fused-ring (bicyclic) bond motifs is 1. The molecule has 0 fully saturated rings. The van der Waals surface area contributed by atoms with Crippen molar-refractivity contribution in [3.05, 3.63) is 63.8 Å². The summed E-state index contributed by atoms with van der Waals surface area (Å²) in [4.78, 5) is 33.0. The van der Waals surface area contributed by atoms with Gasteiger partial charge in [-0.15, -0.1) is 11.3 Å². The number of hydrogen-bond donors (Lipinski definition) is 0. The molecule has 12 heteroatoms. The van der Waals surface area contributed by atoms with Gasteiger partial charge in [0.15, 0.2) is 6.61 Å². The van der Waals surface area contributed by atoms with E-state index in [-0.39, 0.29) is 36.8 Å². The fraction of sp³-hybridized carbons (Fsp3) is 0.211. The average Bonchev–Trinajstić information content (AvgIpc) is 3.41. The lowest BCUT2D eigenvalue weighted by molar-refractivity contribution is -0.146. The molecule has 0 aliphatic rings. The number of benzene rings is 1. The molecular formula is C19H13F3N4O4S. The second-order valence-corrected chi connectivity index (χ2v) is 7.27. The first-order valence-corrected chi connectivity index (χ1v) is 9.78. The van der Waals surface area contributed by atoms with Gasteiger partial charge in [-0.25, -0.2) is 4.98 Å². The van der Waals surface area contributed by atoms with Crippen LogP contribution in [0.1, 0.15) is 17.9 Å². The molecule has 0 unspecified atom stereocenters. The lowest BCUT2D eigenvalue weighted by Crippen LogP contribution is -2.21. The molecule has 31 heavy (non-hydrogen) atoms. The minimum atomic E-state index is -4.44. The highest BCUT2D eigenvalue weighted by Gasteiger charge is 2.30. The Morgan fingerprint density at radius 3 is 2.71 bits per heavy atom. The van der Waals surface area contributed by atoms with Crippen molar-refractivity contribution in [3.8, 4) is 11.4 Å². The van der Waals surface area contributed by atoms with E-state index in [1.54, 1.807) is 11.4 Å². The number of rotatable bonds is 6. The highest BCUT2D eigenvalue weighted by molar-refractivity contribution is 7.16. The minimum absolute atomic E-state index is 0.0122. The maximum atomic E-state index is 12.6. The molecule has 0 aliphatic heterocycles. The topological polar surface area (TPSA) is 100 Å². The summed E-state index contributed by atoms with van der Waals surface area (Å²) in [7, 11) is 0. The number of ether oxygens (including phenoxy) is 1. The Morgan fingerprint density at radius 2 is 1.97 bits per heavy atom. The fourth-order valence-electron chi connectivity index (χ4n) is 2.72. The first-order valence-electron chi connectivity index (χ1n) is 8.90. The Balaban J connectivity index is 1.32. The fourth-order valence-corrected chi connectivity index (χ4v) is 3.44. The molecule has 0 bridgehead atoms. The van der Waals surface area contributed by atoms with Crippen LogP contribution in [0.15, 0.2) is 51.4 Å². The number of thiophene rings is 1. The number of esters is 1. The molecule has 0 aliphatic carbocycles. The quantitative estimate of drug-likeness (QED) is 0.413. The van der Waals surface area contributed by atoms with Crippen molar-refractivity contribution < 1.29 is 27.2 Å². The van der Waals surface area contributed by atoms with E-state index in [9.17, 15) is 22.8 Å². The van der Waals surface area contributed by atoms with Crippen molar-refractivity contribution >= 4 is 27.5 Å². The number of aromatic nitrogens is 4. The van der Waals surface area contributed by atoms with Crippen molar-refractivity contribution in [1.29, 1.82) is 0 Å². The van der Waals surface area contributed by atoms with E-state index in [2.05, 4.69) is 15.1 Å². The molecule has 3 heterocycles. The van der Waals surface area contributed by atoms with Crippen LogP contribution in [0.5, 0.6) is 0 Å². The van der Waals surface area contributed by atoms with Crippen LogP contribution in [-0.4, -0.2) is 25.7 Å². The van der Waals surface area contributed by atoms with E-state index >= 15 is 0 Å². The van der Waals surface area contributed by atoms with Gasteiger partial charge in [0.1, 0.15) is 4.83 Å². The van der Waals surface area contributed by atoms with Gasteiger partial charge in [0.05, 0.1) is 23.7 Å². The number of halogens is 3. The Morgan fingerprint density at radius 1 is 1.19 bits per heavy atom. The second kappa shape index (κ2) is 8.30. The van der Waals surface area contributed by atoms with Gasteiger partial charge in [-0.2, -0.15) is 18.2 Å². The zero-order chi connectivity index (χ0) is 22.0. The van der Waals surface area contributed by atoms with Crippen LogP contribution in [-0.2, 0) is 28.9 Å². The van der Waals surface area contributed by atoms with Crippen molar-refractivity contribution in [3.63, 3.8) is 0 Å². The highest BCUT2D eigenvalue weighted by atomic mass is 32.1. The first kappa shape index (κ1) is 20.7. The third kappa shape index (κ3) is 4.63. The SMILES string of the molecule is O=C(CCn1cnc2sccc2c1=O)OCc1nc(-c2ccc(C(F)(F)F)cc2)no1. The van der Waals surface area contributed by atoms with Crippen LogP contribution in [0, 0.1) is 0 Å². The van der Waals surface area contributed by atoms with Gasteiger partial charge in [-0.05, 0) is 23.6 Å². The third-order valence-electron chi connectivity index (χ3n) is 4.30. The van der Waals surface area contributed by atoms with E-state index in [1.165, 1.54) is 34.4 Å². The molecule has 1 aromatic carbocycles. The molecule has 4 aromatic rings. The molecule has 4 rings (SSSR count). The first-order chi connectivity index (χ1) is 14.8. The predicted molar refractivity (Wildman–Crippen MR) is 103 cm³/mol. The summed E-state index contributed by atoms with van der Waals surface area (Å²) < 4.78 is 49.2. The van der Waals surface area contributed by atoms with Crippen molar-refractivity contribution in [2.75, 3.05) is 0 Å². The predicted octanol–water partition coefficient (Wildman–Crippen LogP) is 3.66. The van der Waals surface area contributed by atoms with Crippen LogP contribution < -0.4 is 5.56 Å². The van der Waals surface area contributed by atoms with E-state index in [1.807, 2.05) is 0 Å². The molecular weight excluding hydrogens is 437 g/mol. The molecule has 0 saturated carbocycles. The van der Waals surface area contributed by atoms with Gasteiger partial charge in [0.2, 0.25) is 5.82 Å². The number of carbonyl (C=O) groups excluding carboxylic acids is 1. The summed E-state index contributed by atoms with van der Waals surface area (Å²) in [6.45, 7) is -0.208. The lowest BCUT2D eigenvalue weighted by atomic mass is 10.1. The Hall–Kier alpha value is -3.54. The Bertz CT molecular complexity index is 1280. The maximum absolute atomic E-state index is 12.6. The second-order valence-electron chi connectivity index (χ2n) is 6.38. The molecule has 0 N–H and O–H groups in total. The Labute approximate surface area is 175 Å². The van der Waals surface area contributed by atoms with Crippen molar-refractivity contribution in [2.45, 2.75) is 25.7 Å².